The van der Waals surface area contributed by atoms with E-state index in [1.54, 1.807) is 26.4 Å². The second kappa shape index (κ2) is 5.37. The van der Waals surface area contributed by atoms with Crippen LogP contribution in [-0.4, -0.2) is 19.3 Å². The summed E-state index contributed by atoms with van der Waals surface area (Å²) < 4.78 is 10.7. The Bertz CT molecular complexity index is 794. The number of aromatic hydroxyl groups is 1. The number of fused-ring (bicyclic) bond motifs is 1. The molecular formula is C18H16O3. The number of benzene rings is 3. The van der Waals surface area contributed by atoms with Gasteiger partial charge in [-0.3, -0.25) is 0 Å². The van der Waals surface area contributed by atoms with E-state index in [4.69, 9.17) is 9.47 Å². The molecule has 0 heterocycles. The van der Waals surface area contributed by atoms with Crippen LogP contribution >= 0.6 is 0 Å². The zero-order chi connectivity index (χ0) is 14.8. The SMILES string of the molecule is COc1ccc(OC)c(-c2ccc3cc(O)ccc3c2)c1. The minimum atomic E-state index is 0.272. The molecule has 3 nitrogen and oxygen atoms in total. The van der Waals surface area contributed by atoms with E-state index in [0.717, 1.165) is 33.4 Å². The average molecular weight is 280 g/mol. The standard InChI is InChI=1S/C18H16O3/c1-20-16-7-8-18(21-2)17(11-16)14-4-3-13-10-15(19)6-5-12(13)9-14/h3-11,19H,1-2H3. The van der Waals surface area contributed by atoms with Gasteiger partial charge in [0, 0.05) is 5.56 Å². The van der Waals surface area contributed by atoms with Gasteiger partial charge < -0.3 is 14.6 Å². The second-order valence-corrected chi connectivity index (χ2v) is 4.81. The Kier molecular flexibility index (Phi) is 3.40. The molecule has 0 amide bonds. The number of hydrogen-bond donors (Lipinski definition) is 1. The summed E-state index contributed by atoms with van der Waals surface area (Å²) in [5, 5.41) is 11.6. The molecule has 0 saturated carbocycles. The first-order valence-electron chi connectivity index (χ1n) is 6.66. The predicted octanol–water partition coefficient (Wildman–Crippen LogP) is 4.23. The predicted molar refractivity (Wildman–Crippen MR) is 84.2 cm³/mol. The highest BCUT2D eigenvalue weighted by molar-refractivity contribution is 5.89. The van der Waals surface area contributed by atoms with Gasteiger partial charge in [-0.25, -0.2) is 0 Å². The number of phenols is 1. The Morgan fingerprint density at radius 1 is 0.762 bits per heavy atom. The molecule has 106 valence electrons. The zero-order valence-electron chi connectivity index (χ0n) is 12.0. The summed E-state index contributed by atoms with van der Waals surface area (Å²) in [6, 6.07) is 17.2. The van der Waals surface area contributed by atoms with Gasteiger partial charge in [-0.2, -0.15) is 0 Å². The fraction of sp³-hybridized carbons (Fsp3) is 0.111. The van der Waals surface area contributed by atoms with Crippen LogP contribution in [0.4, 0.5) is 0 Å². The first-order valence-corrected chi connectivity index (χ1v) is 6.66. The lowest BCUT2D eigenvalue weighted by atomic mass is 10.00. The fourth-order valence-electron chi connectivity index (χ4n) is 2.44. The molecule has 3 aromatic rings. The summed E-state index contributed by atoms with van der Waals surface area (Å²) in [6.07, 6.45) is 0. The maximum absolute atomic E-state index is 9.53. The maximum atomic E-state index is 9.53. The monoisotopic (exact) mass is 280 g/mol. The normalized spacial score (nSPS) is 10.6. The van der Waals surface area contributed by atoms with Crippen molar-refractivity contribution in [1.29, 1.82) is 0 Å². The largest absolute Gasteiger partial charge is 0.508 e. The van der Waals surface area contributed by atoms with Crippen LogP contribution in [0.2, 0.25) is 0 Å². The van der Waals surface area contributed by atoms with E-state index >= 15 is 0 Å². The van der Waals surface area contributed by atoms with E-state index in [1.165, 1.54) is 0 Å². The van der Waals surface area contributed by atoms with Crippen LogP contribution in [0.3, 0.4) is 0 Å². The molecule has 3 rings (SSSR count). The molecule has 0 bridgehead atoms. The molecule has 3 aromatic carbocycles. The third-order valence-corrected chi connectivity index (χ3v) is 3.54. The van der Waals surface area contributed by atoms with Gasteiger partial charge in [0.1, 0.15) is 17.2 Å². The molecule has 21 heavy (non-hydrogen) atoms. The molecule has 0 aromatic heterocycles. The Labute approximate surface area is 123 Å². The minimum Gasteiger partial charge on any atom is -0.508 e. The fourth-order valence-corrected chi connectivity index (χ4v) is 2.44. The van der Waals surface area contributed by atoms with Crippen molar-refractivity contribution in [3.63, 3.8) is 0 Å². The number of methoxy groups -OCH3 is 2. The van der Waals surface area contributed by atoms with Crippen LogP contribution in [0.15, 0.2) is 54.6 Å². The lowest BCUT2D eigenvalue weighted by Crippen LogP contribution is -1.90. The molecule has 0 aliphatic carbocycles. The summed E-state index contributed by atoms with van der Waals surface area (Å²) in [4.78, 5) is 0. The Hall–Kier alpha value is -2.68. The Balaban J connectivity index is 2.17. The molecule has 0 unspecified atom stereocenters. The van der Waals surface area contributed by atoms with E-state index < -0.39 is 0 Å². The molecule has 1 N–H and O–H groups in total. The summed E-state index contributed by atoms with van der Waals surface area (Å²) in [7, 11) is 3.30. The summed E-state index contributed by atoms with van der Waals surface area (Å²) >= 11 is 0. The highest BCUT2D eigenvalue weighted by Gasteiger charge is 2.08. The quantitative estimate of drug-likeness (QED) is 0.780. The molecule has 0 aliphatic heterocycles. The molecule has 0 radical (unpaired) electrons. The first-order chi connectivity index (χ1) is 10.2. The lowest BCUT2D eigenvalue weighted by Gasteiger charge is -2.11. The molecular weight excluding hydrogens is 264 g/mol. The first kappa shape index (κ1) is 13.3. The van der Waals surface area contributed by atoms with Gasteiger partial charge in [0.25, 0.3) is 0 Å². The molecule has 0 atom stereocenters. The van der Waals surface area contributed by atoms with Crippen LogP contribution in [0.25, 0.3) is 21.9 Å². The molecule has 0 fully saturated rings. The Morgan fingerprint density at radius 3 is 2.29 bits per heavy atom. The number of hydrogen-bond acceptors (Lipinski definition) is 3. The van der Waals surface area contributed by atoms with Crippen LogP contribution in [0.5, 0.6) is 17.2 Å². The number of ether oxygens (including phenoxy) is 2. The van der Waals surface area contributed by atoms with Gasteiger partial charge in [-0.1, -0.05) is 18.2 Å². The van der Waals surface area contributed by atoms with E-state index in [2.05, 4.69) is 6.07 Å². The van der Waals surface area contributed by atoms with Crippen molar-refractivity contribution in [2.45, 2.75) is 0 Å². The van der Waals surface area contributed by atoms with Crippen LogP contribution in [0, 0.1) is 0 Å². The average Bonchev–Trinajstić information content (AvgIpc) is 2.53. The highest BCUT2D eigenvalue weighted by Crippen LogP contribution is 2.35. The zero-order valence-corrected chi connectivity index (χ0v) is 12.0. The highest BCUT2D eigenvalue weighted by atomic mass is 16.5. The van der Waals surface area contributed by atoms with E-state index in [1.807, 2.05) is 36.4 Å². The summed E-state index contributed by atoms with van der Waals surface area (Å²) in [6.45, 7) is 0. The van der Waals surface area contributed by atoms with Crippen molar-refractivity contribution in [1.82, 2.24) is 0 Å². The van der Waals surface area contributed by atoms with Crippen molar-refractivity contribution in [2.24, 2.45) is 0 Å². The minimum absolute atomic E-state index is 0.272. The molecule has 0 spiro atoms. The second-order valence-electron chi connectivity index (χ2n) is 4.81. The van der Waals surface area contributed by atoms with Gasteiger partial charge in [-0.15, -0.1) is 0 Å². The topological polar surface area (TPSA) is 38.7 Å². The van der Waals surface area contributed by atoms with Crippen molar-refractivity contribution in [2.75, 3.05) is 14.2 Å². The lowest BCUT2D eigenvalue weighted by molar-refractivity contribution is 0.404. The van der Waals surface area contributed by atoms with Crippen LogP contribution in [-0.2, 0) is 0 Å². The van der Waals surface area contributed by atoms with Gasteiger partial charge in [0.15, 0.2) is 0 Å². The third kappa shape index (κ3) is 2.50. The van der Waals surface area contributed by atoms with Crippen molar-refractivity contribution in [3.8, 4) is 28.4 Å². The van der Waals surface area contributed by atoms with E-state index in [0.29, 0.717) is 0 Å². The smallest absolute Gasteiger partial charge is 0.126 e. The van der Waals surface area contributed by atoms with Crippen molar-refractivity contribution < 1.29 is 14.6 Å². The van der Waals surface area contributed by atoms with Gasteiger partial charge in [-0.05, 0) is 52.7 Å². The molecule has 0 saturated heterocycles. The van der Waals surface area contributed by atoms with E-state index in [-0.39, 0.29) is 5.75 Å². The number of rotatable bonds is 3. The van der Waals surface area contributed by atoms with Crippen LogP contribution < -0.4 is 9.47 Å². The van der Waals surface area contributed by atoms with Crippen LogP contribution in [0.1, 0.15) is 0 Å². The summed E-state index contributed by atoms with van der Waals surface area (Å²) in [5.41, 5.74) is 2.02. The van der Waals surface area contributed by atoms with Crippen molar-refractivity contribution >= 4 is 10.8 Å². The van der Waals surface area contributed by atoms with E-state index in [9.17, 15) is 5.11 Å². The summed E-state index contributed by atoms with van der Waals surface area (Å²) in [5.74, 6) is 1.86. The van der Waals surface area contributed by atoms with Gasteiger partial charge in [0.05, 0.1) is 14.2 Å². The Morgan fingerprint density at radius 2 is 1.52 bits per heavy atom. The van der Waals surface area contributed by atoms with Crippen molar-refractivity contribution in [3.05, 3.63) is 54.6 Å². The van der Waals surface area contributed by atoms with Gasteiger partial charge >= 0.3 is 0 Å². The third-order valence-electron chi connectivity index (χ3n) is 3.54. The molecule has 3 heteroatoms. The number of phenolic OH excluding ortho intramolecular Hbond substituents is 1. The maximum Gasteiger partial charge on any atom is 0.126 e. The molecule has 0 aliphatic rings. The van der Waals surface area contributed by atoms with Gasteiger partial charge in [0.2, 0.25) is 0 Å².